The standard InChI is InChI=1S/C22H21N3O5S/c1-16-8-13-21(17(2)14-16)23-22(26)15-24(18-9-11-19(12-10-18)25(27)28)31(29,30)20-6-4-3-5-7-20/h3-14H,15H2,1-2H3,(H,23,26). The SMILES string of the molecule is Cc1ccc(NC(=O)CN(c2ccc([N+](=O)[O-])cc2)S(=O)(=O)c2ccccc2)c(C)c1. The van der Waals surface area contributed by atoms with E-state index >= 15 is 0 Å². The van der Waals surface area contributed by atoms with Gasteiger partial charge >= 0.3 is 0 Å². The molecule has 3 aromatic rings. The van der Waals surface area contributed by atoms with Gasteiger partial charge in [0.05, 0.1) is 15.5 Å². The van der Waals surface area contributed by atoms with Crippen LogP contribution in [-0.4, -0.2) is 25.8 Å². The Morgan fingerprint density at radius 2 is 1.65 bits per heavy atom. The third-order valence-electron chi connectivity index (χ3n) is 4.62. The first-order valence-electron chi connectivity index (χ1n) is 9.38. The summed E-state index contributed by atoms with van der Waals surface area (Å²) in [5, 5.41) is 13.7. The van der Waals surface area contributed by atoms with Crippen LogP contribution in [0.3, 0.4) is 0 Å². The molecule has 160 valence electrons. The second-order valence-corrected chi connectivity index (χ2v) is 8.83. The second-order valence-electron chi connectivity index (χ2n) is 6.96. The molecule has 1 amide bonds. The maximum absolute atomic E-state index is 13.3. The van der Waals surface area contributed by atoms with Gasteiger partial charge in [-0.25, -0.2) is 8.42 Å². The van der Waals surface area contributed by atoms with Crippen LogP contribution >= 0.6 is 0 Å². The number of sulfonamides is 1. The molecular formula is C22H21N3O5S. The summed E-state index contributed by atoms with van der Waals surface area (Å²) in [6, 6.07) is 18.2. The van der Waals surface area contributed by atoms with Gasteiger partial charge in [0.1, 0.15) is 6.54 Å². The predicted octanol–water partition coefficient (Wildman–Crippen LogP) is 4.05. The zero-order valence-corrected chi connectivity index (χ0v) is 17.8. The van der Waals surface area contributed by atoms with Crippen LogP contribution in [0, 0.1) is 24.0 Å². The van der Waals surface area contributed by atoms with Crippen LogP contribution in [0.15, 0.2) is 77.7 Å². The van der Waals surface area contributed by atoms with Gasteiger partial charge in [-0.15, -0.1) is 0 Å². The van der Waals surface area contributed by atoms with Crippen molar-refractivity contribution in [1.82, 2.24) is 0 Å². The molecule has 3 aromatic carbocycles. The average Bonchev–Trinajstić information content (AvgIpc) is 2.74. The molecule has 0 bridgehead atoms. The molecule has 0 radical (unpaired) electrons. The number of carbonyl (C=O) groups is 1. The summed E-state index contributed by atoms with van der Waals surface area (Å²) in [4.78, 5) is 23.1. The van der Waals surface area contributed by atoms with Gasteiger partial charge in [0.15, 0.2) is 0 Å². The maximum atomic E-state index is 13.3. The Bertz CT molecular complexity index is 1210. The number of nitrogens with one attached hydrogen (secondary N) is 1. The van der Waals surface area contributed by atoms with E-state index in [2.05, 4.69) is 5.32 Å². The van der Waals surface area contributed by atoms with Gasteiger partial charge in [-0.3, -0.25) is 19.2 Å². The Kier molecular flexibility index (Phi) is 6.36. The molecule has 0 fully saturated rings. The number of rotatable bonds is 7. The zero-order chi connectivity index (χ0) is 22.6. The molecule has 0 unspecified atom stereocenters. The van der Waals surface area contributed by atoms with Gasteiger partial charge in [-0.05, 0) is 49.7 Å². The number of nitrogens with zero attached hydrogens (tertiary/aromatic N) is 2. The van der Waals surface area contributed by atoms with Crippen molar-refractivity contribution in [3.8, 4) is 0 Å². The summed E-state index contributed by atoms with van der Waals surface area (Å²) < 4.78 is 27.5. The van der Waals surface area contributed by atoms with Crippen molar-refractivity contribution in [2.45, 2.75) is 18.7 Å². The van der Waals surface area contributed by atoms with Crippen molar-refractivity contribution >= 4 is 33.0 Å². The van der Waals surface area contributed by atoms with Gasteiger partial charge in [0.25, 0.3) is 15.7 Å². The molecule has 31 heavy (non-hydrogen) atoms. The number of aryl methyl sites for hydroxylation is 2. The largest absolute Gasteiger partial charge is 0.324 e. The van der Waals surface area contributed by atoms with E-state index in [1.807, 2.05) is 26.0 Å². The summed E-state index contributed by atoms with van der Waals surface area (Å²) >= 11 is 0. The quantitative estimate of drug-likeness (QED) is 0.441. The second kappa shape index (κ2) is 8.97. The van der Waals surface area contributed by atoms with Crippen LogP contribution in [0.1, 0.15) is 11.1 Å². The minimum atomic E-state index is -4.09. The van der Waals surface area contributed by atoms with Crippen LogP contribution in [0.25, 0.3) is 0 Å². The summed E-state index contributed by atoms with van der Waals surface area (Å²) in [5.41, 5.74) is 2.43. The molecule has 0 saturated heterocycles. The molecule has 9 heteroatoms. The first-order chi connectivity index (χ1) is 14.7. The number of carbonyl (C=O) groups excluding carboxylic acids is 1. The van der Waals surface area contributed by atoms with Crippen LogP contribution in [0.4, 0.5) is 17.1 Å². The maximum Gasteiger partial charge on any atom is 0.269 e. The molecule has 8 nitrogen and oxygen atoms in total. The Hall–Kier alpha value is -3.72. The van der Waals surface area contributed by atoms with Crippen LogP contribution in [0.5, 0.6) is 0 Å². The van der Waals surface area contributed by atoms with Gasteiger partial charge in [0.2, 0.25) is 5.91 Å². The van der Waals surface area contributed by atoms with E-state index in [4.69, 9.17) is 0 Å². The molecule has 0 heterocycles. The number of amides is 1. The van der Waals surface area contributed by atoms with Gasteiger partial charge in [-0.2, -0.15) is 0 Å². The molecule has 0 aliphatic carbocycles. The minimum Gasteiger partial charge on any atom is -0.324 e. The van der Waals surface area contributed by atoms with Crippen LogP contribution in [0.2, 0.25) is 0 Å². The fourth-order valence-corrected chi connectivity index (χ4v) is 4.49. The highest BCUT2D eigenvalue weighted by molar-refractivity contribution is 7.92. The summed E-state index contributed by atoms with van der Waals surface area (Å²) in [6.45, 7) is 3.28. The molecule has 0 saturated carbocycles. The van der Waals surface area contributed by atoms with E-state index in [1.165, 1.54) is 36.4 Å². The molecule has 0 aliphatic heterocycles. The number of hydrogen-bond acceptors (Lipinski definition) is 5. The Balaban J connectivity index is 1.95. The molecule has 0 aliphatic rings. The lowest BCUT2D eigenvalue weighted by atomic mass is 10.1. The highest BCUT2D eigenvalue weighted by Gasteiger charge is 2.27. The molecule has 3 rings (SSSR count). The van der Waals surface area contributed by atoms with E-state index < -0.39 is 27.4 Å². The van der Waals surface area contributed by atoms with Gasteiger partial charge in [-0.1, -0.05) is 35.9 Å². The van der Waals surface area contributed by atoms with E-state index in [9.17, 15) is 23.3 Å². The van der Waals surface area contributed by atoms with Crippen molar-refractivity contribution in [3.05, 3.63) is 94.0 Å². The Labute approximate surface area is 180 Å². The molecular weight excluding hydrogens is 418 g/mol. The molecule has 1 N–H and O–H groups in total. The number of anilines is 2. The summed E-state index contributed by atoms with van der Waals surface area (Å²) in [6.07, 6.45) is 0. The summed E-state index contributed by atoms with van der Waals surface area (Å²) in [5.74, 6) is -0.537. The van der Waals surface area contributed by atoms with E-state index in [0.717, 1.165) is 15.4 Å². The van der Waals surface area contributed by atoms with Crippen molar-refractivity contribution in [2.24, 2.45) is 0 Å². The van der Waals surface area contributed by atoms with E-state index in [-0.39, 0.29) is 16.3 Å². The molecule has 0 atom stereocenters. The lowest BCUT2D eigenvalue weighted by molar-refractivity contribution is -0.384. The zero-order valence-electron chi connectivity index (χ0n) is 17.0. The molecule has 0 spiro atoms. The van der Waals surface area contributed by atoms with Crippen molar-refractivity contribution in [2.75, 3.05) is 16.2 Å². The number of nitro benzene ring substituents is 1. The number of nitro groups is 1. The predicted molar refractivity (Wildman–Crippen MR) is 119 cm³/mol. The average molecular weight is 439 g/mol. The Morgan fingerprint density at radius 1 is 1.00 bits per heavy atom. The van der Waals surface area contributed by atoms with E-state index in [1.54, 1.807) is 24.3 Å². The van der Waals surface area contributed by atoms with Crippen molar-refractivity contribution in [1.29, 1.82) is 0 Å². The highest BCUT2D eigenvalue weighted by Crippen LogP contribution is 2.26. The number of non-ortho nitro benzene ring substituents is 1. The topological polar surface area (TPSA) is 110 Å². The highest BCUT2D eigenvalue weighted by atomic mass is 32.2. The third-order valence-corrected chi connectivity index (χ3v) is 6.41. The molecule has 0 aromatic heterocycles. The van der Waals surface area contributed by atoms with E-state index in [0.29, 0.717) is 5.69 Å². The third kappa shape index (κ3) is 5.07. The van der Waals surface area contributed by atoms with Crippen molar-refractivity contribution < 1.29 is 18.1 Å². The van der Waals surface area contributed by atoms with Gasteiger partial charge < -0.3 is 5.32 Å². The number of benzene rings is 3. The smallest absolute Gasteiger partial charge is 0.269 e. The Morgan fingerprint density at radius 3 is 2.23 bits per heavy atom. The van der Waals surface area contributed by atoms with Gasteiger partial charge in [0, 0.05) is 17.8 Å². The van der Waals surface area contributed by atoms with Crippen molar-refractivity contribution in [3.63, 3.8) is 0 Å². The summed E-state index contributed by atoms with van der Waals surface area (Å²) in [7, 11) is -4.09. The van der Waals surface area contributed by atoms with Crippen LogP contribution in [-0.2, 0) is 14.8 Å². The normalized spacial score (nSPS) is 11.0. The fraction of sp³-hybridized carbons (Fsp3) is 0.136. The minimum absolute atomic E-state index is 0.00710. The number of hydrogen-bond donors (Lipinski definition) is 1. The fourth-order valence-electron chi connectivity index (χ4n) is 3.05. The monoisotopic (exact) mass is 439 g/mol. The van der Waals surface area contributed by atoms with Crippen LogP contribution < -0.4 is 9.62 Å². The lowest BCUT2D eigenvalue weighted by Crippen LogP contribution is -2.38. The first-order valence-corrected chi connectivity index (χ1v) is 10.8. The first kappa shape index (κ1) is 22.0. The lowest BCUT2D eigenvalue weighted by Gasteiger charge is -2.24.